The van der Waals surface area contributed by atoms with Gasteiger partial charge < -0.3 is 15.8 Å². The molecular weight excluding hydrogens is 278 g/mol. The molecule has 2 rings (SSSR count). The van der Waals surface area contributed by atoms with Crippen LogP contribution in [0.4, 0.5) is 11.5 Å². The molecule has 1 aromatic heterocycles. The van der Waals surface area contributed by atoms with Gasteiger partial charge in [0, 0.05) is 16.9 Å². The van der Waals surface area contributed by atoms with Crippen molar-refractivity contribution in [2.24, 2.45) is 0 Å². The third-order valence-corrected chi connectivity index (χ3v) is 3.11. The lowest BCUT2D eigenvalue weighted by atomic mass is 10.2. The van der Waals surface area contributed by atoms with Gasteiger partial charge in [0.2, 0.25) is 0 Å². The van der Waals surface area contributed by atoms with E-state index >= 15 is 0 Å². The highest BCUT2D eigenvalue weighted by atomic mass is 35.5. The Morgan fingerprint density at radius 1 is 1.40 bits per heavy atom. The Morgan fingerprint density at radius 2 is 2.20 bits per heavy atom. The zero-order chi connectivity index (χ0) is 14.5. The third kappa shape index (κ3) is 3.39. The van der Waals surface area contributed by atoms with Crippen molar-refractivity contribution in [1.82, 2.24) is 4.98 Å². The van der Waals surface area contributed by atoms with Gasteiger partial charge in [0.1, 0.15) is 0 Å². The summed E-state index contributed by atoms with van der Waals surface area (Å²) in [5.41, 5.74) is 7.08. The number of pyridine rings is 1. The van der Waals surface area contributed by atoms with Crippen LogP contribution >= 0.6 is 11.6 Å². The first kappa shape index (κ1) is 14.1. The summed E-state index contributed by atoms with van der Waals surface area (Å²) in [5.74, 6) is 0.336. The minimum absolute atomic E-state index is 0.151. The Balaban J connectivity index is 1.96. The molecule has 20 heavy (non-hydrogen) atoms. The van der Waals surface area contributed by atoms with Crippen molar-refractivity contribution >= 4 is 29.0 Å². The summed E-state index contributed by atoms with van der Waals surface area (Å²) in [5, 5.41) is 3.33. The van der Waals surface area contributed by atoms with Gasteiger partial charge in [-0.3, -0.25) is 4.79 Å². The van der Waals surface area contributed by atoms with Crippen molar-refractivity contribution in [2.45, 2.75) is 6.92 Å². The topological polar surface area (TPSA) is 77.2 Å². The second-order valence-electron chi connectivity index (χ2n) is 4.14. The van der Waals surface area contributed by atoms with Crippen molar-refractivity contribution in [2.75, 3.05) is 17.7 Å². The number of nitrogens with two attached hydrogens (primary N) is 1. The maximum absolute atomic E-state index is 11.8. The highest BCUT2D eigenvalue weighted by Gasteiger charge is 2.08. The minimum Gasteiger partial charge on any atom is -0.480 e. The summed E-state index contributed by atoms with van der Waals surface area (Å²) < 4.78 is 5.31. The molecule has 0 unspecified atom stereocenters. The number of hydrogen-bond donors (Lipinski definition) is 2. The van der Waals surface area contributed by atoms with E-state index in [1.807, 2.05) is 6.92 Å². The smallest absolute Gasteiger partial charge is 0.262 e. The van der Waals surface area contributed by atoms with Crippen LogP contribution in [-0.2, 0) is 4.79 Å². The normalized spacial score (nSPS) is 10.1. The number of nitrogens with one attached hydrogen (secondary N) is 1. The zero-order valence-electron chi connectivity index (χ0n) is 10.9. The van der Waals surface area contributed by atoms with Crippen LogP contribution in [0.5, 0.6) is 5.75 Å². The van der Waals surface area contributed by atoms with Gasteiger partial charge >= 0.3 is 0 Å². The fraction of sp³-hybridized carbons (Fsp3) is 0.143. The second-order valence-corrected chi connectivity index (χ2v) is 4.54. The van der Waals surface area contributed by atoms with Crippen LogP contribution in [0.1, 0.15) is 5.56 Å². The van der Waals surface area contributed by atoms with Gasteiger partial charge in [-0.2, -0.15) is 0 Å². The summed E-state index contributed by atoms with van der Waals surface area (Å²) in [7, 11) is 0. The highest BCUT2D eigenvalue weighted by molar-refractivity contribution is 6.31. The molecule has 6 heteroatoms. The predicted octanol–water partition coefficient (Wildman–Crippen LogP) is 2.64. The van der Waals surface area contributed by atoms with Gasteiger partial charge in [-0.1, -0.05) is 17.7 Å². The lowest BCUT2D eigenvalue weighted by Gasteiger charge is -2.11. The number of halogens is 1. The Kier molecular flexibility index (Phi) is 4.42. The predicted molar refractivity (Wildman–Crippen MR) is 79.0 cm³/mol. The number of carbonyl (C=O) groups excluding carboxylic acids is 1. The van der Waals surface area contributed by atoms with Crippen molar-refractivity contribution in [1.29, 1.82) is 0 Å². The van der Waals surface area contributed by atoms with Crippen molar-refractivity contribution in [3.63, 3.8) is 0 Å². The third-order valence-electron chi connectivity index (χ3n) is 2.70. The number of nitrogen functional groups attached to an aromatic ring is 1. The van der Waals surface area contributed by atoms with Crippen molar-refractivity contribution in [3.8, 4) is 5.75 Å². The molecular formula is C14H14ClN3O2. The number of carbonyl (C=O) groups is 1. The number of anilines is 2. The van der Waals surface area contributed by atoms with E-state index in [2.05, 4.69) is 10.3 Å². The van der Waals surface area contributed by atoms with Crippen molar-refractivity contribution < 1.29 is 9.53 Å². The molecule has 3 N–H and O–H groups in total. The molecule has 104 valence electrons. The molecule has 0 aliphatic carbocycles. The van der Waals surface area contributed by atoms with E-state index in [1.165, 1.54) is 0 Å². The monoisotopic (exact) mass is 291 g/mol. The quantitative estimate of drug-likeness (QED) is 0.908. The fourth-order valence-electron chi connectivity index (χ4n) is 1.60. The molecule has 1 heterocycles. The first-order valence-electron chi connectivity index (χ1n) is 5.96. The van der Waals surface area contributed by atoms with E-state index < -0.39 is 0 Å². The SMILES string of the molecule is Cc1c(Cl)cccc1NC(=O)COc1cccnc1N. The Labute approximate surface area is 121 Å². The number of hydrogen-bond acceptors (Lipinski definition) is 4. The molecule has 0 spiro atoms. The largest absolute Gasteiger partial charge is 0.480 e. The number of nitrogens with zero attached hydrogens (tertiary/aromatic N) is 1. The van der Waals surface area contributed by atoms with Gasteiger partial charge in [-0.25, -0.2) is 4.98 Å². The molecule has 0 atom stereocenters. The summed E-state index contributed by atoms with van der Waals surface area (Å²) in [6.45, 7) is 1.68. The van der Waals surface area contributed by atoms with Crippen LogP contribution in [0.15, 0.2) is 36.5 Å². The van der Waals surface area contributed by atoms with Crippen LogP contribution in [0.2, 0.25) is 5.02 Å². The Morgan fingerprint density at radius 3 is 2.95 bits per heavy atom. The number of ether oxygens (including phenoxy) is 1. The molecule has 0 aliphatic rings. The molecule has 0 fully saturated rings. The molecule has 0 aliphatic heterocycles. The molecule has 0 radical (unpaired) electrons. The second kappa shape index (κ2) is 6.25. The van der Waals surface area contributed by atoms with E-state index in [0.717, 1.165) is 5.56 Å². The number of benzene rings is 1. The summed E-state index contributed by atoms with van der Waals surface area (Å²) >= 11 is 5.98. The van der Waals surface area contributed by atoms with Gasteiger partial charge in [-0.05, 0) is 36.8 Å². The number of amides is 1. The average Bonchev–Trinajstić information content (AvgIpc) is 2.43. The summed E-state index contributed by atoms with van der Waals surface area (Å²) in [4.78, 5) is 15.7. The highest BCUT2D eigenvalue weighted by Crippen LogP contribution is 2.23. The maximum atomic E-state index is 11.8. The number of aromatic nitrogens is 1. The molecule has 1 amide bonds. The van der Waals surface area contributed by atoms with Crippen LogP contribution in [0, 0.1) is 6.92 Å². The molecule has 1 aromatic carbocycles. The van der Waals surface area contributed by atoms with Gasteiger partial charge in [-0.15, -0.1) is 0 Å². The maximum Gasteiger partial charge on any atom is 0.262 e. The fourth-order valence-corrected chi connectivity index (χ4v) is 1.77. The van der Waals surface area contributed by atoms with E-state index in [4.69, 9.17) is 22.1 Å². The lowest BCUT2D eigenvalue weighted by Crippen LogP contribution is -2.21. The average molecular weight is 292 g/mol. The Bertz CT molecular complexity index is 632. The summed E-state index contributed by atoms with van der Waals surface area (Å²) in [6, 6.07) is 8.65. The lowest BCUT2D eigenvalue weighted by molar-refractivity contribution is -0.118. The van der Waals surface area contributed by atoms with E-state index in [1.54, 1.807) is 36.5 Å². The molecule has 5 nitrogen and oxygen atoms in total. The standard InChI is InChI=1S/C14H14ClN3O2/c1-9-10(15)4-2-5-11(9)18-13(19)8-20-12-6-3-7-17-14(12)16/h2-7H,8H2,1H3,(H2,16,17)(H,18,19). The molecule has 0 saturated carbocycles. The first-order chi connectivity index (χ1) is 9.58. The zero-order valence-corrected chi connectivity index (χ0v) is 11.6. The van der Waals surface area contributed by atoms with E-state index in [9.17, 15) is 4.79 Å². The molecule has 0 saturated heterocycles. The molecule has 2 aromatic rings. The number of rotatable bonds is 4. The first-order valence-corrected chi connectivity index (χ1v) is 6.34. The van der Waals surface area contributed by atoms with Gasteiger partial charge in [0.15, 0.2) is 18.2 Å². The molecule has 0 bridgehead atoms. The van der Waals surface area contributed by atoms with Crippen LogP contribution in [0.25, 0.3) is 0 Å². The minimum atomic E-state index is -0.293. The van der Waals surface area contributed by atoms with Gasteiger partial charge in [0.05, 0.1) is 0 Å². The van der Waals surface area contributed by atoms with Crippen molar-refractivity contribution in [3.05, 3.63) is 47.1 Å². The van der Waals surface area contributed by atoms with Gasteiger partial charge in [0.25, 0.3) is 5.91 Å². The van der Waals surface area contributed by atoms with Crippen LogP contribution < -0.4 is 15.8 Å². The van der Waals surface area contributed by atoms with Crippen LogP contribution in [-0.4, -0.2) is 17.5 Å². The van der Waals surface area contributed by atoms with Crippen LogP contribution in [0.3, 0.4) is 0 Å². The van der Waals surface area contributed by atoms with E-state index in [-0.39, 0.29) is 18.3 Å². The Hall–Kier alpha value is -2.27. The van der Waals surface area contributed by atoms with E-state index in [0.29, 0.717) is 16.5 Å². The summed E-state index contributed by atoms with van der Waals surface area (Å²) in [6.07, 6.45) is 1.55.